The average molecular weight is 681 g/mol. The number of carbonyl (C=O) groups is 4. The maximum absolute atomic E-state index is 13.7. The Morgan fingerprint density at radius 2 is 1.57 bits per heavy atom. The number of hydrogen-bond donors (Lipinski definition) is 9. The molecule has 0 saturated heterocycles. The van der Waals surface area contributed by atoms with Crippen LogP contribution in [0.15, 0.2) is 58.2 Å². The molecular weight excluding hydrogens is 648 g/mol. The van der Waals surface area contributed by atoms with E-state index in [0.717, 1.165) is 18.2 Å². The Bertz CT molecular complexity index is 1870. The van der Waals surface area contributed by atoms with Crippen molar-refractivity contribution in [1.29, 1.82) is 0 Å². The fraction of sp³-hybridized carbons (Fsp3) is 0.310. The van der Waals surface area contributed by atoms with E-state index in [-0.39, 0.29) is 16.8 Å². The number of rotatable bonds is 4. The predicted octanol–water partition coefficient (Wildman–Crippen LogP) is -0.992. The van der Waals surface area contributed by atoms with Crippen molar-refractivity contribution in [3.63, 3.8) is 0 Å². The van der Waals surface area contributed by atoms with Crippen LogP contribution in [0.25, 0.3) is 5.76 Å². The number of fused-ring (bicyclic) bond motifs is 3. The molecule has 1 amide bonds. The van der Waals surface area contributed by atoms with E-state index in [9.17, 15) is 58.2 Å². The standard InChI is InChI=1S/C22H24N2O8.C7H6O6S.H2O/c1-7-8-5-4-6-9(25)11(8)16(26)12-10(7)17(27)14-15(24(2)3)18(28)13(21(23)31)20(30)22(14,32)19(12)29;8-6-4(7(9)10)2-1-3-5(6)14(11,12)13;/h4-7,10,14-15,17,25-27,30,32H,1-3H3,(H2,23,31);1-3,8H,(H,9,10)(H,11,12,13);1H2/t7-,10+,14+,15-,17-,22-;;/m0../s1. The first-order chi connectivity index (χ1) is 21.2. The van der Waals surface area contributed by atoms with Gasteiger partial charge in [0.05, 0.1) is 23.6 Å². The van der Waals surface area contributed by atoms with Gasteiger partial charge in [0, 0.05) is 11.5 Å². The molecule has 0 spiro atoms. The number of phenols is 2. The fourth-order valence-corrected chi connectivity index (χ4v) is 7.08. The van der Waals surface area contributed by atoms with E-state index >= 15 is 0 Å². The minimum Gasteiger partial charge on any atom is -0.508 e. The fourth-order valence-electron chi connectivity index (χ4n) is 6.48. The molecule has 254 valence electrons. The highest BCUT2D eigenvalue weighted by Crippen LogP contribution is 2.55. The van der Waals surface area contributed by atoms with Gasteiger partial charge in [-0.15, -0.1) is 0 Å². The molecule has 6 atom stereocenters. The zero-order chi connectivity index (χ0) is 34.8. The number of phenolic OH excluding ortho intramolecular Hbond substituents is 1. The zero-order valence-corrected chi connectivity index (χ0v) is 25.6. The number of Topliss-reactive ketones (excluding diaryl/α,β-unsaturated/α-hetero) is 2. The summed E-state index contributed by atoms with van der Waals surface area (Å²) in [5.74, 6) is -11.3. The number of aromatic carboxylic acids is 1. The minimum atomic E-state index is -4.60. The molecule has 18 heteroatoms. The van der Waals surface area contributed by atoms with Crippen LogP contribution in [0.2, 0.25) is 0 Å². The Kier molecular flexibility index (Phi) is 9.66. The van der Waals surface area contributed by atoms with Crippen molar-refractivity contribution in [3.8, 4) is 11.5 Å². The summed E-state index contributed by atoms with van der Waals surface area (Å²) in [7, 11) is -1.68. The molecule has 47 heavy (non-hydrogen) atoms. The number of aliphatic hydroxyl groups excluding tert-OH is 3. The molecular formula is C29H32N2O15S. The number of para-hydroxylation sites is 1. The summed E-state index contributed by atoms with van der Waals surface area (Å²) < 4.78 is 29.9. The maximum atomic E-state index is 13.7. The minimum absolute atomic E-state index is 0. The summed E-state index contributed by atoms with van der Waals surface area (Å²) >= 11 is 0. The molecule has 3 aliphatic carbocycles. The number of aromatic hydroxyl groups is 2. The first-order valence-corrected chi connectivity index (χ1v) is 14.8. The normalized spacial score (nSPS) is 26.7. The van der Waals surface area contributed by atoms with Crippen molar-refractivity contribution in [1.82, 2.24) is 4.90 Å². The molecule has 0 aliphatic heterocycles. The van der Waals surface area contributed by atoms with Crippen molar-refractivity contribution in [2.75, 3.05) is 14.1 Å². The molecule has 0 unspecified atom stereocenters. The quantitative estimate of drug-likeness (QED) is 0.138. The van der Waals surface area contributed by atoms with E-state index in [1.165, 1.54) is 25.1 Å². The number of ketones is 2. The number of likely N-dealkylation sites (N-methyl/N-ethyl adjacent to an activating group) is 1. The summed E-state index contributed by atoms with van der Waals surface area (Å²) in [6.07, 6.45) is -1.59. The van der Waals surface area contributed by atoms with Crippen LogP contribution in [0.4, 0.5) is 0 Å². The van der Waals surface area contributed by atoms with Crippen molar-refractivity contribution < 1.29 is 73.4 Å². The number of nitrogens with zero attached hydrogens (tertiary/aromatic N) is 1. The number of carboxylic acid groups (broad SMARTS) is 1. The van der Waals surface area contributed by atoms with E-state index in [4.69, 9.17) is 15.4 Å². The smallest absolute Gasteiger partial charge is 0.339 e. The molecule has 0 bridgehead atoms. The van der Waals surface area contributed by atoms with Crippen LogP contribution in [0, 0.1) is 11.8 Å². The van der Waals surface area contributed by atoms with Gasteiger partial charge in [-0.3, -0.25) is 23.8 Å². The molecule has 17 nitrogen and oxygen atoms in total. The number of amides is 1. The molecule has 3 aliphatic rings. The lowest BCUT2D eigenvalue weighted by Gasteiger charge is -2.53. The van der Waals surface area contributed by atoms with Crippen LogP contribution in [-0.4, -0.2) is 114 Å². The lowest BCUT2D eigenvalue weighted by molar-refractivity contribution is -0.169. The Balaban J connectivity index is 0.000000338. The monoisotopic (exact) mass is 680 g/mol. The first kappa shape index (κ1) is 36.6. The molecule has 1 saturated carbocycles. The van der Waals surface area contributed by atoms with Gasteiger partial charge in [0.15, 0.2) is 17.1 Å². The van der Waals surface area contributed by atoms with E-state index in [1.807, 2.05) is 0 Å². The number of aliphatic hydroxyl groups is 4. The van der Waals surface area contributed by atoms with Gasteiger partial charge >= 0.3 is 5.97 Å². The van der Waals surface area contributed by atoms with Crippen LogP contribution >= 0.6 is 0 Å². The predicted molar refractivity (Wildman–Crippen MR) is 159 cm³/mol. The SMILES string of the molecule is C[C@H]1c2cccc(O)c2C(O)=C2C(=O)[C@]3(O)C(O)=C(C(N)=O)C(=O)[C@@H](N(C)C)[C@@H]3[C@@H](O)[C@@H]21.O.O=C(O)c1cccc(S(=O)(=O)O)c1O. The van der Waals surface area contributed by atoms with Gasteiger partial charge in [-0.25, -0.2) is 4.79 Å². The van der Waals surface area contributed by atoms with Crippen LogP contribution < -0.4 is 5.73 Å². The largest absolute Gasteiger partial charge is 0.508 e. The number of hydrogen-bond acceptors (Lipinski definition) is 13. The number of primary amides is 1. The van der Waals surface area contributed by atoms with Crippen molar-refractivity contribution >= 4 is 39.3 Å². The van der Waals surface area contributed by atoms with Gasteiger partial charge < -0.3 is 47.0 Å². The topological polar surface area (TPSA) is 325 Å². The highest BCUT2D eigenvalue weighted by atomic mass is 32.2. The number of carboxylic acids is 1. The van der Waals surface area contributed by atoms with Gasteiger partial charge in [-0.05, 0) is 43.8 Å². The Labute approximate surface area is 266 Å². The molecule has 2 aromatic carbocycles. The van der Waals surface area contributed by atoms with Crippen LogP contribution in [0.3, 0.4) is 0 Å². The van der Waals surface area contributed by atoms with Crippen molar-refractivity contribution in [2.45, 2.75) is 35.5 Å². The average Bonchev–Trinajstić information content (AvgIpc) is 2.94. The van der Waals surface area contributed by atoms with E-state index in [1.54, 1.807) is 19.1 Å². The van der Waals surface area contributed by atoms with E-state index in [0.29, 0.717) is 5.56 Å². The highest BCUT2D eigenvalue weighted by molar-refractivity contribution is 7.86. The van der Waals surface area contributed by atoms with Gasteiger partial charge in [0.25, 0.3) is 16.0 Å². The molecule has 0 heterocycles. The lowest BCUT2D eigenvalue weighted by Crippen LogP contribution is -2.70. The number of nitrogens with two attached hydrogens (primary N) is 1. The van der Waals surface area contributed by atoms with E-state index in [2.05, 4.69) is 0 Å². The van der Waals surface area contributed by atoms with Gasteiger partial charge in [-0.2, -0.15) is 8.42 Å². The van der Waals surface area contributed by atoms with Crippen molar-refractivity contribution in [3.05, 3.63) is 70.0 Å². The van der Waals surface area contributed by atoms with Crippen molar-refractivity contribution in [2.24, 2.45) is 17.6 Å². The molecule has 0 radical (unpaired) electrons. The molecule has 1 fully saturated rings. The molecule has 5 rings (SSSR count). The first-order valence-electron chi connectivity index (χ1n) is 13.4. The van der Waals surface area contributed by atoms with Gasteiger partial charge in [-0.1, -0.05) is 25.1 Å². The second kappa shape index (κ2) is 12.4. The van der Waals surface area contributed by atoms with Crippen LogP contribution in [0.5, 0.6) is 11.5 Å². The van der Waals surface area contributed by atoms with Gasteiger partial charge in [0.1, 0.15) is 33.3 Å². The summed E-state index contributed by atoms with van der Waals surface area (Å²) in [5, 5.41) is 72.6. The molecule has 12 N–H and O–H groups in total. The second-order valence-corrected chi connectivity index (χ2v) is 12.6. The van der Waals surface area contributed by atoms with Crippen LogP contribution in [0.1, 0.15) is 34.3 Å². The molecule has 0 aromatic heterocycles. The summed E-state index contributed by atoms with van der Waals surface area (Å²) in [4.78, 5) is 49.6. The number of carbonyl (C=O) groups excluding carboxylic acids is 3. The number of benzene rings is 2. The maximum Gasteiger partial charge on any atom is 0.339 e. The van der Waals surface area contributed by atoms with Gasteiger partial charge in [0.2, 0.25) is 5.78 Å². The summed E-state index contributed by atoms with van der Waals surface area (Å²) in [6.45, 7) is 1.68. The Morgan fingerprint density at radius 1 is 1.00 bits per heavy atom. The summed E-state index contributed by atoms with van der Waals surface area (Å²) in [5.41, 5.74) is 0.885. The lowest BCUT2D eigenvalue weighted by atomic mass is 9.54. The zero-order valence-electron chi connectivity index (χ0n) is 24.8. The van der Waals surface area contributed by atoms with Crippen LogP contribution in [-0.2, 0) is 24.5 Å². The third-order valence-corrected chi connectivity index (χ3v) is 9.39. The Hall–Kier alpha value is -4.85. The van der Waals surface area contributed by atoms with E-state index < -0.39 is 108 Å². The molecule has 2 aromatic rings. The summed E-state index contributed by atoms with van der Waals surface area (Å²) in [6, 6.07) is 6.15. The highest BCUT2D eigenvalue weighted by Gasteiger charge is 2.68. The second-order valence-electron chi connectivity index (χ2n) is 11.2. The Morgan fingerprint density at radius 3 is 2.09 bits per heavy atom. The third-order valence-electron chi connectivity index (χ3n) is 8.50. The third kappa shape index (κ3) is 5.49.